The van der Waals surface area contributed by atoms with Crippen LogP contribution in [0.2, 0.25) is 0 Å². The number of ether oxygens (including phenoxy) is 1. The van der Waals surface area contributed by atoms with Crippen molar-refractivity contribution in [1.82, 2.24) is 0 Å². The van der Waals surface area contributed by atoms with Gasteiger partial charge in [-0.15, -0.1) is 0 Å². The zero-order valence-electron chi connectivity index (χ0n) is 22.6. The van der Waals surface area contributed by atoms with Gasteiger partial charge in [-0.25, -0.2) is 0 Å². The van der Waals surface area contributed by atoms with E-state index in [1.54, 1.807) is 0 Å². The number of rotatable bonds is 6. The topological polar surface area (TPSA) is 9.23 Å². The van der Waals surface area contributed by atoms with Crippen LogP contribution in [0, 0.1) is 14.3 Å². The van der Waals surface area contributed by atoms with E-state index in [4.69, 9.17) is 4.74 Å². The minimum atomic E-state index is -0.184. The second-order valence-electron chi connectivity index (χ2n) is 10.7. The van der Waals surface area contributed by atoms with E-state index < -0.39 is 0 Å². The molecule has 0 aliphatic carbocycles. The SMILES string of the molecule is CC(C)(C)c1ccc([I+]c2ccc(Oc3ccc([I+]c4ccc(C(C)(C)C)cc4)cc3)cc2)cc1.[Y].[Y]. The van der Waals surface area contributed by atoms with Crippen LogP contribution in [0.15, 0.2) is 97.1 Å². The first-order chi connectivity index (χ1) is 16.6. The summed E-state index contributed by atoms with van der Waals surface area (Å²) >= 11 is -0.369. The smallest absolute Gasteiger partial charge is 0.357 e. The molecule has 1 nitrogen and oxygen atoms in total. The van der Waals surface area contributed by atoms with Crippen LogP contribution in [0.25, 0.3) is 0 Å². The molecule has 0 heterocycles. The van der Waals surface area contributed by atoms with Crippen molar-refractivity contribution in [1.29, 1.82) is 0 Å². The van der Waals surface area contributed by atoms with Gasteiger partial charge in [0.2, 0.25) is 0 Å². The molecule has 4 aromatic carbocycles. The maximum absolute atomic E-state index is 6.12. The summed E-state index contributed by atoms with van der Waals surface area (Å²) in [7, 11) is 0. The van der Waals surface area contributed by atoms with Crippen molar-refractivity contribution >= 4 is 0 Å². The van der Waals surface area contributed by atoms with Crippen LogP contribution >= 0.6 is 0 Å². The summed E-state index contributed by atoms with van der Waals surface area (Å²) in [5.41, 5.74) is 3.18. The van der Waals surface area contributed by atoms with Gasteiger partial charge >= 0.3 is 42.4 Å². The van der Waals surface area contributed by atoms with Crippen LogP contribution < -0.4 is 47.1 Å². The third kappa shape index (κ3) is 10.4. The summed E-state index contributed by atoms with van der Waals surface area (Å²) in [5, 5.41) is 0. The molecule has 0 spiro atoms. The van der Waals surface area contributed by atoms with Crippen LogP contribution in [0.4, 0.5) is 0 Å². The Morgan fingerprint density at radius 1 is 0.405 bits per heavy atom. The van der Waals surface area contributed by atoms with E-state index in [-0.39, 0.29) is 119 Å². The second kappa shape index (κ2) is 14.8. The van der Waals surface area contributed by atoms with Gasteiger partial charge in [0.25, 0.3) is 0 Å². The Hall–Kier alpha value is 0.348. The van der Waals surface area contributed by atoms with Gasteiger partial charge in [0, 0.05) is 65.4 Å². The first-order valence-electron chi connectivity index (χ1n) is 11.9. The van der Waals surface area contributed by atoms with E-state index in [0.29, 0.717) is 0 Å². The standard InChI is InChI=1S/C32H34I2O.2Y/c1-31(2,3)23-7-11-25(12-8-23)33-27-15-19-29(20-16-27)35-30-21-17-28(18-22-30)34-26-13-9-24(10-14-26)32(4,5)6;;/h7-22H,1-6H3;;/q+2;;. The fourth-order valence-corrected chi connectivity index (χ4v) is 7.86. The van der Waals surface area contributed by atoms with Crippen molar-refractivity contribution in [3.05, 3.63) is 122 Å². The van der Waals surface area contributed by atoms with Crippen LogP contribution in [0.3, 0.4) is 0 Å². The average molecular weight is 866 g/mol. The van der Waals surface area contributed by atoms with Gasteiger partial charge in [0.05, 0.1) is 0 Å². The number of hydrogen-bond donors (Lipinski definition) is 0. The monoisotopic (exact) mass is 866 g/mol. The van der Waals surface area contributed by atoms with Gasteiger partial charge in [-0.1, -0.05) is 65.8 Å². The molecule has 0 atom stereocenters. The fourth-order valence-electron chi connectivity index (χ4n) is 3.55. The van der Waals surface area contributed by atoms with Crippen molar-refractivity contribution < 1.29 is 113 Å². The van der Waals surface area contributed by atoms with E-state index in [9.17, 15) is 0 Å². The molecule has 0 N–H and O–H groups in total. The Bertz CT molecular complexity index is 1140. The van der Waals surface area contributed by atoms with Gasteiger partial charge in [-0.2, -0.15) is 0 Å². The molecule has 186 valence electrons. The van der Waals surface area contributed by atoms with Gasteiger partial charge in [0.1, 0.15) is 11.5 Å². The zero-order chi connectivity index (χ0) is 25.1. The predicted molar refractivity (Wildman–Crippen MR) is 138 cm³/mol. The van der Waals surface area contributed by atoms with Crippen LogP contribution in [-0.4, -0.2) is 0 Å². The molecule has 0 aliphatic heterocycles. The van der Waals surface area contributed by atoms with Crippen LogP contribution in [-0.2, 0) is 76.2 Å². The Kier molecular flexibility index (Phi) is 13.4. The molecule has 0 aromatic heterocycles. The summed E-state index contributed by atoms with van der Waals surface area (Å²) in [6, 6.07) is 35.5. The fraction of sp³-hybridized carbons (Fsp3) is 0.250. The Balaban J connectivity index is 0.00000241. The largest absolute Gasteiger partial charge is 0.457 e. The Labute approximate surface area is 294 Å². The van der Waals surface area contributed by atoms with Crippen molar-refractivity contribution in [3.8, 4) is 11.5 Å². The summed E-state index contributed by atoms with van der Waals surface area (Å²) in [6.07, 6.45) is 0. The summed E-state index contributed by atoms with van der Waals surface area (Å²) < 4.78 is 11.8. The molecule has 2 radical (unpaired) electrons. The third-order valence-electron chi connectivity index (χ3n) is 5.72. The van der Waals surface area contributed by atoms with E-state index in [1.165, 1.54) is 25.4 Å². The van der Waals surface area contributed by atoms with Crippen molar-refractivity contribution in [2.24, 2.45) is 0 Å². The summed E-state index contributed by atoms with van der Waals surface area (Å²) in [6.45, 7) is 13.6. The summed E-state index contributed by atoms with van der Waals surface area (Å²) in [4.78, 5) is 0. The molecule has 0 amide bonds. The zero-order valence-corrected chi connectivity index (χ0v) is 32.5. The second-order valence-corrected chi connectivity index (χ2v) is 16.8. The Morgan fingerprint density at radius 3 is 0.892 bits per heavy atom. The van der Waals surface area contributed by atoms with Crippen molar-refractivity contribution in [2.45, 2.75) is 52.4 Å². The molecule has 0 aliphatic rings. The first-order valence-corrected chi connectivity index (χ1v) is 16.3. The van der Waals surface area contributed by atoms with Gasteiger partial charge in [-0.3, -0.25) is 0 Å². The normalized spacial score (nSPS) is 11.3. The third-order valence-corrected chi connectivity index (χ3v) is 11.1. The maximum atomic E-state index is 6.12. The van der Waals surface area contributed by atoms with E-state index in [2.05, 4.69) is 139 Å². The molecule has 37 heavy (non-hydrogen) atoms. The minimum Gasteiger partial charge on any atom is -0.457 e. The number of halogens is 2. The first kappa shape index (κ1) is 33.6. The molecule has 0 unspecified atom stereocenters. The number of hydrogen-bond acceptors (Lipinski definition) is 1. The van der Waals surface area contributed by atoms with Crippen LogP contribution in [0.1, 0.15) is 52.7 Å². The number of benzene rings is 4. The molecular formula is C32H34I2OY2+2. The van der Waals surface area contributed by atoms with E-state index in [1.807, 2.05) is 0 Å². The predicted octanol–water partition coefficient (Wildman–Crippen LogP) is 2.33. The Morgan fingerprint density at radius 2 is 0.649 bits per heavy atom. The van der Waals surface area contributed by atoms with Gasteiger partial charge < -0.3 is 4.74 Å². The molecule has 5 heteroatoms. The molecule has 0 bridgehead atoms. The molecular weight excluding hydrogens is 832 g/mol. The molecule has 4 rings (SSSR count). The molecule has 0 saturated carbocycles. The van der Waals surface area contributed by atoms with E-state index in [0.717, 1.165) is 11.5 Å². The average Bonchev–Trinajstić information content (AvgIpc) is 2.81. The molecule has 4 aromatic rings. The molecule has 0 saturated heterocycles. The van der Waals surface area contributed by atoms with Crippen LogP contribution in [0.5, 0.6) is 11.5 Å². The minimum absolute atomic E-state index is 0. The maximum Gasteiger partial charge on any atom is 0.357 e. The van der Waals surface area contributed by atoms with E-state index >= 15 is 0 Å². The van der Waals surface area contributed by atoms with Crippen molar-refractivity contribution in [3.63, 3.8) is 0 Å². The quantitative estimate of drug-likeness (QED) is 0.271. The summed E-state index contributed by atoms with van der Waals surface area (Å²) in [5.74, 6) is 1.78. The van der Waals surface area contributed by atoms with Gasteiger partial charge in [0.15, 0.2) is 14.3 Å². The van der Waals surface area contributed by atoms with Crippen molar-refractivity contribution in [2.75, 3.05) is 0 Å². The van der Waals surface area contributed by atoms with Gasteiger partial charge in [-0.05, 0) is 94.8 Å². The molecule has 0 fully saturated rings.